The average Bonchev–Trinajstić information content (AvgIpc) is 2.40. The third-order valence-electron chi connectivity index (χ3n) is 2.57. The third kappa shape index (κ3) is 3.24. The molecule has 0 radical (unpaired) electrons. The molecule has 20 heavy (non-hydrogen) atoms. The maximum atomic E-state index is 13.6. The van der Waals surface area contributed by atoms with Gasteiger partial charge >= 0.3 is 5.97 Å². The minimum Gasteiger partial charge on any atom is -0.486 e. The summed E-state index contributed by atoms with van der Waals surface area (Å²) in [5, 5.41) is 9.01. The molecular weight excluding hydrogens is 290 g/mol. The molecule has 0 saturated heterocycles. The second-order valence-electron chi connectivity index (χ2n) is 3.97. The highest BCUT2D eigenvalue weighted by atomic mass is 35.5. The van der Waals surface area contributed by atoms with Crippen molar-refractivity contribution < 1.29 is 23.4 Å². The summed E-state index contributed by atoms with van der Waals surface area (Å²) in [6.07, 6.45) is 0. The summed E-state index contributed by atoms with van der Waals surface area (Å²) in [7, 11) is 0. The second-order valence-corrected chi connectivity index (χ2v) is 4.38. The first kappa shape index (κ1) is 14.3. The van der Waals surface area contributed by atoms with E-state index in [9.17, 15) is 13.6 Å². The van der Waals surface area contributed by atoms with Crippen LogP contribution in [0.3, 0.4) is 0 Å². The summed E-state index contributed by atoms with van der Waals surface area (Å²) < 4.78 is 31.8. The first-order valence-corrected chi connectivity index (χ1v) is 5.95. The molecule has 0 bridgehead atoms. The van der Waals surface area contributed by atoms with Crippen LogP contribution in [0.15, 0.2) is 36.4 Å². The van der Waals surface area contributed by atoms with Gasteiger partial charge in [-0.25, -0.2) is 13.6 Å². The molecule has 0 unspecified atom stereocenters. The van der Waals surface area contributed by atoms with Crippen LogP contribution in [0.2, 0.25) is 5.02 Å². The highest BCUT2D eigenvalue weighted by molar-refractivity contribution is 6.31. The van der Waals surface area contributed by atoms with E-state index in [1.54, 1.807) is 0 Å². The molecule has 2 rings (SSSR count). The fraction of sp³-hybridized carbons (Fsp3) is 0.0714. The molecule has 0 amide bonds. The molecule has 6 heteroatoms. The molecule has 2 aromatic rings. The van der Waals surface area contributed by atoms with Crippen LogP contribution >= 0.6 is 11.6 Å². The Kier molecular flexibility index (Phi) is 4.20. The van der Waals surface area contributed by atoms with Crippen LogP contribution in [0.25, 0.3) is 0 Å². The van der Waals surface area contributed by atoms with Gasteiger partial charge in [-0.3, -0.25) is 0 Å². The lowest BCUT2D eigenvalue weighted by Gasteiger charge is -2.09. The topological polar surface area (TPSA) is 46.5 Å². The summed E-state index contributed by atoms with van der Waals surface area (Å²) in [5.74, 6) is -2.65. The van der Waals surface area contributed by atoms with E-state index in [-0.39, 0.29) is 17.9 Å². The fourth-order valence-corrected chi connectivity index (χ4v) is 1.73. The van der Waals surface area contributed by atoms with E-state index in [2.05, 4.69) is 0 Å². The SMILES string of the molecule is O=C(O)c1ccc(OCc2cc(F)ccc2Cl)c(F)c1. The highest BCUT2D eigenvalue weighted by Gasteiger charge is 2.10. The Bertz CT molecular complexity index is 659. The first-order valence-electron chi connectivity index (χ1n) is 5.57. The normalized spacial score (nSPS) is 10.3. The van der Waals surface area contributed by atoms with Gasteiger partial charge in [0.25, 0.3) is 0 Å². The van der Waals surface area contributed by atoms with E-state index < -0.39 is 17.6 Å². The molecule has 3 nitrogen and oxygen atoms in total. The summed E-state index contributed by atoms with van der Waals surface area (Å²) in [5.41, 5.74) is 0.187. The van der Waals surface area contributed by atoms with Gasteiger partial charge in [-0.2, -0.15) is 0 Å². The number of halogens is 3. The molecule has 2 aromatic carbocycles. The molecule has 0 heterocycles. The number of hydrogen-bond donors (Lipinski definition) is 1. The van der Waals surface area contributed by atoms with Crippen molar-refractivity contribution >= 4 is 17.6 Å². The molecule has 0 atom stereocenters. The van der Waals surface area contributed by atoms with Gasteiger partial charge in [0.2, 0.25) is 0 Å². The quantitative estimate of drug-likeness (QED) is 0.931. The van der Waals surface area contributed by atoms with Crippen molar-refractivity contribution in [2.75, 3.05) is 0 Å². The van der Waals surface area contributed by atoms with E-state index in [1.807, 2.05) is 0 Å². The van der Waals surface area contributed by atoms with E-state index >= 15 is 0 Å². The molecule has 0 saturated carbocycles. The molecule has 0 aliphatic carbocycles. The van der Waals surface area contributed by atoms with Gasteiger partial charge < -0.3 is 9.84 Å². The van der Waals surface area contributed by atoms with Crippen LogP contribution < -0.4 is 4.74 Å². The molecule has 1 N–H and O–H groups in total. The lowest BCUT2D eigenvalue weighted by molar-refractivity contribution is 0.0696. The fourth-order valence-electron chi connectivity index (χ4n) is 1.56. The second kappa shape index (κ2) is 5.88. The monoisotopic (exact) mass is 298 g/mol. The number of carboxylic acids is 1. The summed E-state index contributed by atoms with van der Waals surface area (Å²) in [6.45, 7) is -0.125. The van der Waals surface area contributed by atoms with Crippen LogP contribution in [0.4, 0.5) is 8.78 Å². The van der Waals surface area contributed by atoms with Crippen LogP contribution in [0.1, 0.15) is 15.9 Å². The average molecular weight is 299 g/mol. The molecule has 0 spiro atoms. The Hall–Kier alpha value is -2.14. The Morgan fingerprint density at radius 1 is 1.20 bits per heavy atom. The van der Waals surface area contributed by atoms with Crippen molar-refractivity contribution in [2.45, 2.75) is 6.61 Å². The van der Waals surface area contributed by atoms with Gasteiger partial charge in [0.15, 0.2) is 11.6 Å². The number of aromatic carboxylic acids is 1. The Morgan fingerprint density at radius 2 is 1.95 bits per heavy atom. The number of carboxylic acid groups (broad SMARTS) is 1. The van der Waals surface area contributed by atoms with Gasteiger partial charge in [-0.15, -0.1) is 0 Å². The van der Waals surface area contributed by atoms with Gasteiger partial charge in [0.05, 0.1) is 5.56 Å². The zero-order valence-corrected chi connectivity index (χ0v) is 10.8. The Morgan fingerprint density at radius 3 is 2.60 bits per heavy atom. The van der Waals surface area contributed by atoms with Crippen LogP contribution in [-0.2, 0) is 6.61 Å². The van der Waals surface area contributed by atoms with Crippen molar-refractivity contribution in [2.24, 2.45) is 0 Å². The van der Waals surface area contributed by atoms with Crippen LogP contribution in [0.5, 0.6) is 5.75 Å². The zero-order valence-electron chi connectivity index (χ0n) is 10.1. The predicted octanol–water partition coefficient (Wildman–Crippen LogP) is 3.90. The molecule has 0 fully saturated rings. The van der Waals surface area contributed by atoms with E-state index in [1.165, 1.54) is 30.3 Å². The lowest BCUT2D eigenvalue weighted by Crippen LogP contribution is -2.01. The third-order valence-corrected chi connectivity index (χ3v) is 2.94. The van der Waals surface area contributed by atoms with E-state index in [0.29, 0.717) is 10.6 Å². The predicted molar refractivity (Wildman–Crippen MR) is 69.1 cm³/mol. The van der Waals surface area contributed by atoms with Gasteiger partial charge in [0.1, 0.15) is 12.4 Å². The summed E-state index contributed by atoms with van der Waals surface area (Å²) in [6, 6.07) is 7.03. The maximum Gasteiger partial charge on any atom is 0.335 e. The van der Waals surface area contributed by atoms with Crippen LogP contribution in [0, 0.1) is 11.6 Å². The largest absolute Gasteiger partial charge is 0.486 e. The van der Waals surface area contributed by atoms with E-state index in [4.69, 9.17) is 21.4 Å². The van der Waals surface area contributed by atoms with E-state index in [0.717, 1.165) is 6.07 Å². The molecule has 0 aromatic heterocycles. The number of carbonyl (C=O) groups is 1. The summed E-state index contributed by atoms with van der Waals surface area (Å²) in [4.78, 5) is 10.7. The Balaban J connectivity index is 2.15. The number of rotatable bonds is 4. The Labute approximate surface area is 118 Å². The molecule has 0 aliphatic rings. The summed E-state index contributed by atoms with van der Waals surface area (Å²) >= 11 is 5.85. The number of ether oxygens (including phenoxy) is 1. The standard InChI is InChI=1S/C14H9ClF2O3/c15-11-3-2-10(16)5-9(11)7-20-13-4-1-8(14(18)19)6-12(13)17/h1-6H,7H2,(H,18,19). The zero-order chi connectivity index (χ0) is 14.7. The highest BCUT2D eigenvalue weighted by Crippen LogP contribution is 2.22. The van der Waals surface area contributed by atoms with Gasteiger partial charge in [-0.05, 0) is 36.4 Å². The molecule has 0 aliphatic heterocycles. The minimum absolute atomic E-state index is 0.125. The molecular formula is C14H9ClF2O3. The smallest absolute Gasteiger partial charge is 0.335 e. The van der Waals surface area contributed by atoms with Gasteiger partial charge in [-0.1, -0.05) is 11.6 Å². The number of hydrogen-bond acceptors (Lipinski definition) is 2. The van der Waals surface area contributed by atoms with Crippen molar-refractivity contribution in [1.29, 1.82) is 0 Å². The minimum atomic E-state index is -1.23. The number of benzene rings is 2. The van der Waals surface area contributed by atoms with Crippen LogP contribution in [-0.4, -0.2) is 11.1 Å². The van der Waals surface area contributed by atoms with Crippen molar-refractivity contribution in [3.8, 4) is 5.75 Å². The van der Waals surface area contributed by atoms with Gasteiger partial charge in [0, 0.05) is 10.6 Å². The van der Waals surface area contributed by atoms with Crippen molar-refractivity contribution in [1.82, 2.24) is 0 Å². The lowest BCUT2D eigenvalue weighted by atomic mass is 10.2. The maximum absolute atomic E-state index is 13.6. The molecule has 104 valence electrons. The van der Waals surface area contributed by atoms with Crippen molar-refractivity contribution in [3.05, 3.63) is 64.2 Å². The van der Waals surface area contributed by atoms with Crippen molar-refractivity contribution in [3.63, 3.8) is 0 Å². The first-order chi connectivity index (χ1) is 9.47.